The predicted molar refractivity (Wildman–Crippen MR) is 229 cm³/mol. The average molecular weight is 717 g/mol. The van der Waals surface area contributed by atoms with Gasteiger partial charge in [0, 0.05) is 38.4 Å². The average Bonchev–Trinajstić information content (AvgIpc) is 3.81. The van der Waals surface area contributed by atoms with Crippen molar-refractivity contribution < 1.29 is 4.42 Å². The Morgan fingerprint density at radius 3 is 1.64 bits per heavy atom. The fourth-order valence-electron chi connectivity index (χ4n) is 7.98. The molecule has 5 heteroatoms. The molecule has 3 aromatic heterocycles. The van der Waals surface area contributed by atoms with Gasteiger partial charge in [0.15, 0.2) is 17.5 Å². The molecule has 56 heavy (non-hydrogen) atoms. The third kappa shape index (κ3) is 5.37. The number of benzene rings is 8. The van der Waals surface area contributed by atoms with Crippen LogP contribution in [0.3, 0.4) is 0 Å². The lowest BCUT2D eigenvalue weighted by Gasteiger charge is -2.10. The van der Waals surface area contributed by atoms with Gasteiger partial charge in [-0.15, -0.1) is 0 Å². The zero-order chi connectivity index (χ0) is 37.0. The van der Waals surface area contributed by atoms with Crippen molar-refractivity contribution in [2.24, 2.45) is 0 Å². The molecule has 0 saturated carbocycles. The molecular formula is C51H32N4O. The largest absolute Gasteiger partial charge is 0.455 e. The molecule has 11 rings (SSSR count). The summed E-state index contributed by atoms with van der Waals surface area (Å²) in [5.41, 5.74) is 12.2. The monoisotopic (exact) mass is 716 g/mol. The molecule has 8 aromatic carbocycles. The summed E-state index contributed by atoms with van der Waals surface area (Å²) in [6.07, 6.45) is 0. The van der Waals surface area contributed by atoms with Crippen molar-refractivity contribution in [1.82, 2.24) is 19.5 Å². The summed E-state index contributed by atoms with van der Waals surface area (Å²) in [5.74, 6) is 1.76. The maximum absolute atomic E-state index is 6.85. The van der Waals surface area contributed by atoms with E-state index in [4.69, 9.17) is 19.4 Å². The van der Waals surface area contributed by atoms with Crippen molar-refractivity contribution >= 4 is 43.7 Å². The van der Waals surface area contributed by atoms with Crippen LogP contribution in [0.2, 0.25) is 0 Å². The molecule has 0 saturated heterocycles. The second-order valence-electron chi connectivity index (χ2n) is 14.0. The zero-order valence-corrected chi connectivity index (χ0v) is 30.2. The number of aromatic nitrogens is 4. The predicted octanol–water partition coefficient (Wildman–Crippen LogP) is 13.2. The molecule has 3 heterocycles. The van der Waals surface area contributed by atoms with Crippen LogP contribution < -0.4 is 0 Å². The first-order valence-electron chi connectivity index (χ1n) is 18.8. The SMILES string of the molecule is c1ccc(-c2cccc(-c3nc(-c4ccccc4)nc(-c4cccc5c4oc4cc6c7ccccc7n(-c7cccc(-c8ccccc8)c7)c6cc45)n3)c2)cc1. The second-order valence-corrected chi connectivity index (χ2v) is 14.0. The van der Waals surface area contributed by atoms with Crippen LogP contribution >= 0.6 is 0 Å². The number of furan rings is 1. The van der Waals surface area contributed by atoms with Crippen molar-refractivity contribution in [2.45, 2.75) is 0 Å². The minimum atomic E-state index is 0.556. The van der Waals surface area contributed by atoms with Crippen molar-refractivity contribution in [3.63, 3.8) is 0 Å². The van der Waals surface area contributed by atoms with Gasteiger partial charge < -0.3 is 8.98 Å². The highest BCUT2D eigenvalue weighted by Gasteiger charge is 2.21. The van der Waals surface area contributed by atoms with Crippen LogP contribution in [0.15, 0.2) is 199 Å². The van der Waals surface area contributed by atoms with Crippen LogP contribution in [0.5, 0.6) is 0 Å². The highest BCUT2D eigenvalue weighted by molar-refractivity contribution is 6.18. The Morgan fingerprint density at radius 2 is 0.893 bits per heavy atom. The first kappa shape index (κ1) is 31.9. The molecule has 11 aromatic rings. The smallest absolute Gasteiger partial charge is 0.167 e. The van der Waals surface area contributed by atoms with Gasteiger partial charge in [-0.2, -0.15) is 0 Å². The van der Waals surface area contributed by atoms with Gasteiger partial charge in [0.2, 0.25) is 0 Å². The molecule has 0 aliphatic rings. The first-order chi connectivity index (χ1) is 27.7. The molecule has 0 aliphatic carbocycles. The Bertz CT molecular complexity index is 3240. The summed E-state index contributed by atoms with van der Waals surface area (Å²) in [4.78, 5) is 15.3. The van der Waals surface area contributed by atoms with E-state index in [0.29, 0.717) is 17.5 Å². The number of fused-ring (bicyclic) bond motifs is 6. The van der Waals surface area contributed by atoms with Crippen LogP contribution in [-0.4, -0.2) is 19.5 Å². The maximum Gasteiger partial charge on any atom is 0.167 e. The number of hydrogen-bond acceptors (Lipinski definition) is 4. The minimum Gasteiger partial charge on any atom is -0.455 e. The molecule has 262 valence electrons. The van der Waals surface area contributed by atoms with Gasteiger partial charge in [-0.1, -0.05) is 152 Å². The standard InChI is InChI=1S/C51H32N4O/c1-4-15-33(16-5-1)36-21-12-23-38(29-36)50-52-49(35-19-8-3-9-20-35)53-51(54-50)42-27-14-26-41-44-31-46-43(32-47(44)56-48(41)42)40-25-10-11-28-45(40)55(46)39-24-13-22-37(30-39)34-17-6-2-7-18-34/h1-32H. The van der Waals surface area contributed by atoms with Gasteiger partial charge in [-0.05, 0) is 64.7 Å². The normalized spacial score (nSPS) is 11.6. The molecule has 0 aliphatic heterocycles. The molecule has 0 radical (unpaired) electrons. The Morgan fingerprint density at radius 1 is 0.339 bits per heavy atom. The number of nitrogens with zero attached hydrogens (tertiary/aromatic N) is 4. The van der Waals surface area contributed by atoms with E-state index in [-0.39, 0.29) is 0 Å². The Labute approximate surface area is 322 Å². The van der Waals surface area contributed by atoms with Gasteiger partial charge in [0.25, 0.3) is 0 Å². The van der Waals surface area contributed by atoms with Crippen LogP contribution in [0.1, 0.15) is 0 Å². The molecule has 0 amide bonds. The molecule has 0 fully saturated rings. The van der Waals surface area contributed by atoms with Gasteiger partial charge in [-0.3, -0.25) is 0 Å². The quantitative estimate of drug-likeness (QED) is 0.172. The number of rotatable bonds is 6. The van der Waals surface area contributed by atoms with E-state index in [0.717, 1.165) is 71.9 Å². The summed E-state index contributed by atoms with van der Waals surface area (Å²) in [6.45, 7) is 0. The lowest BCUT2D eigenvalue weighted by Crippen LogP contribution is -2.00. The lowest BCUT2D eigenvalue weighted by atomic mass is 10.0. The van der Waals surface area contributed by atoms with Crippen LogP contribution in [-0.2, 0) is 0 Å². The molecule has 0 unspecified atom stereocenters. The summed E-state index contributed by atoms with van der Waals surface area (Å²) in [6, 6.07) is 67.4. The van der Waals surface area contributed by atoms with E-state index < -0.39 is 0 Å². The maximum atomic E-state index is 6.85. The van der Waals surface area contributed by atoms with E-state index in [1.807, 2.05) is 42.5 Å². The molecule has 5 nitrogen and oxygen atoms in total. The van der Waals surface area contributed by atoms with Crippen molar-refractivity contribution in [3.8, 4) is 62.1 Å². The van der Waals surface area contributed by atoms with E-state index in [2.05, 4.69) is 156 Å². The van der Waals surface area contributed by atoms with E-state index >= 15 is 0 Å². The fourth-order valence-corrected chi connectivity index (χ4v) is 7.98. The molecule has 0 bridgehead atoms. The topological polar surface area (TPSA) is 56.7 Å². The highest BCUT2D eigenvalue weighted by Crippen LogP contribution is 2.41. The van der Waals surface area contributed by atoms with Crippen molar-refractivity contribution in [3.05, 3.63) is 194 Å². The Balaban J connectivity index is 1.11. The molecular weight excluding hydrogens is 685 g/mol. The van der Waals surface area contributed by atoms with Crippen molar-refractivity contribution in [1.29, 1.82) is 0 Å². The van der Waals surface area contributed by atoms with E-state index in [1.165, 1.54) is 16.5 Å². The fraction of sp³-hybridized carbons (Fsp3) is 0. The summed E-state index contributed by atoms with van der Waals surface area (Å²) in [5, 5.41) is 4.34. The molecule has 0 N–H and O–H groups in total. The summed E-state index contributed by atoms with van der Waals surface area (Å²) < 4.78 is 9.21. The highest BCUT2D eigenvalue weighted by atomic mass is 16.3. The Kier molecular flexibility index (Phi) is 7.42. The van der Waals surface area contributed by atoms with E-state index in [9.17, 15) is 0 Å². The zero-order valence-electron chi connectivity index (χ0n) is 30.2. The second kappa shape index (κ2) is 13.0. The van der Waals surface area contributed by atoms with Crippen LogP contribution in [0, 0.1) is 0 Å². The summed E-state index contributed by atoms with van der Waals surface area (Å²) >= 11 is 0. The molecule has 0 spiro atoms. The minimum absolute atomic E-state index is 0.556. The van der Waals surface area contributed by atoms with E-state index in [1.54, 1.807) is 0 Å². The molecule has 0 atom stereocenters. The third-order valence-corrected chi connectivity index (χ3v) is 10.6. The van der Waals surface area contributed by atoms with Gasteiger partial charge >= 0.3 is 0 Å². The third-order valence-electron chi connectivity index (χ3n) is 10.6. The van der Waals surface area contributed by atoms with Gasteiger partial charge in [0.05, 0.1) is 16.6 Å². The van der Waals surface area contributed by atoms with Crippen LogP contribution in [0.4, 0.5) is 0 Å². The van der Waals surface area contributed by atoms with Gasteiger partial charge in [-0.25, -0.2) is 15.0 Å². The van der Waals surface area contributed by atoms with Gasteiger partial charge in [0.1, 0.15) is 11.2 Å². The number of hydrogen-bond donors (Lipinski definition) is 0. The lowest BCUT2D eigenvalue weighted by molar-refractivity contribution is 0.670. The Hall–Kier alpha value is -7.63. The van der Waals surface area contributed by atoms with Crippen molar-refractivity contribution in [2.75, 3.05) is 0 Å². The first-order valence-corrected chi connectivity index (χ1v) is 18.8. The number of para-hydroxylation sites is 2. The van der Waals surface area contributed by atoms with Crippen LogP contribution in [0.25, 0.3) is 106 Å². The summed E-state index contributed by atoms with van der Waals surface area (Å²) in [7, 11) is 0.